The van der Waals surface area contributed by atoms with E-state index in [0.29, 0.717) is 11.6 Å². The quantitative estimate of drug-likeness (QED) is 0.534. The zero-order chi connectivity index (χ0) is 19.8. The Bertz CT molecular complexity index is 1100. The highest BCUT2D eigenvalue weighted by Crippen LogP contribution is 2.38. The van der Waals surface area contributed by atoms with Crippen molar-refractivity contribution >= 4 is 28.9 Å². The number of aryl methyl sites for hydroxylation is 2. The van der Waals surface area contributed by atoms with Crippen LogP contribution in [0.3, 0.4) is 0 Å². The SMILES string of the molecule is Cc1c(C(=O)NNC(=O)/C=C/c2cc(C)n(C3CC3)c2C)oc2ccccc12. The molecule has 2 amide bonds. The molecule has 2 N–H and O–H groups in total. The largest absolute Gasteiger partial charge is 0.451 e. The van der Waals surface area contributed by atoms with Crippen LogP contribution in [0.5, 0.6) is 0 Å². The molecule has 0 unspecified atom stereocenters. The molecule has 3 aromatic rings. The van der Waals surface area contributed by atoms with E-state index in [1.807, 2.05) is 25.1 Å². The third-order valence-electron chi connectivity index (χ3n) is 5.20. The summed E-state index contributed by atoms with van der Waals surface area (Å²) in [5.74, 6) is -0.695. The Morgan fingerprint density at radius 3 is 2.61 bits per heavy atom. The Kier molecular flexibility index (Phi) is 4.55. The first-order valence-electron chi connectivity index (χ1n) is 9.40. The van der Waals surface area contributed by atoms with Gasteiger partial charge in [0.2, 0.25) is 0 Å². The standard InChI is InChI=1S/C22H23N3O3/c1-13-12-16(15(3)25(13)17-9-10-17)8-11-20(26)23-24-22(27)21-14(2)18-6-4-5-7-19(18)28-21/h4-8,11-12,17H,9-10H2,1-3H3,(H,23,26)(H,24,27)/b11-8+. The molecule has 2 heterocycles. The van der Waals surface area contributed by atoms with Gasteiger partial charge in [-0.15, -0.1) is 0 Å². The summed E-state index contributed by atoms with van der Waals surface area (Å²) in [7, 11) is 0. The van der Waals surface area contributed by atoms with Crippen LogP contribution in [-0.2, 0) is 4.79 Å². The number of hydrogen-bond acceptors (Lipinski definition) is 3. The van der Waals surface area contributed by atoms with Crippen LogP contribution in [0.4, 0.5) is 0 Å². The van der Waals surface area contributed by atoms with Gasteiger partial charge >= 0.3 is 5.91 Å². The van der Waals surface area contributed by atoms with Gasteiger partial charge in [-0.3, -0.25) is 20.4 Å². The average Bonchev–Trinajstić information content (AvgIpc) is 3.40. The van der Waals surface area contributed by atoms with Crippen LogP contribution in [0.1, 0.15) is 52.0 Å². The van der Waals surface area contributed by atoms with Crippen LogP contribution < -0.4 is 10.9 Å². The van der Waals surface area contributed by atoms with Gasteiger partial charge in [-0.25, -0.2) is 0 Å². The maximum atomic E-state index is 12.4. The maximum Gasteiger partial charge on any atom is 0.305 e. The summed E-state index contributed by atoms with van der Waals surface area (Å²) in [5.41, 5.74) is 9.57. The molecule has 144 valence electrons. The van der Waals surface area contributed by atoms with Gasteiger partial charge in [-0.05, 0) is 57.4 Å². The van der Waals surface area contributed by atoms with Crippen LogP contribution in [0.2, 0.25) is 0 Å². The first-order chi connectivity index (χ1) is 13.5. The van der Waals surface area contributed by atoms with Gasteiger partial charge < -0.3 is 8.98 Å². The van der Waals surface area contributed by atoms with Gasteiger partial charge in [0.15, 0.2) is 5.76 Å². The van der Waals surface area contributed by atoms with Crippen molar-refractivity contribution in [2.75, 3.05) is 0 Å². The normalized spacial score (nSPS) is 14.0. The molecule has 0 aliphatic heterocycles. The fourth-order valence-electron chi connectivity index (χ4n) is 3.64. The number of hydrazine groups is 1. The minimum absolute atomic E-state index is 0.193. The number of carbonyl (C=O) groups is 2. The molecule has 1 fully saturated rings. The van der Waals surface area contributed by atoms with Crippen LogP contribution in [-0.4, -0.2) is 16.4 Å². The van der Waals surface area contributed by atoms with Crippen LogP contribution in [0.15, 0.2) is 40.8 Å². The third-order valence-corrected chi connectivity index (χ3v) is 5.20. The predicted octanol–water partition coefficient (Wildman–Crippen LogP) is 3.97. The first-order valence-corrected chi connectivity index (χ1v) is 9.40. The Hall–Kier alpha value is -3.28. The number of benzene rings is 1. The molecule has 1 aliphatic carbocycles. The van der Waals surface area contributed by atoms with Crippen molar-refractivity contribution in [2.45, 2.75) is 39.7 Å². The minimum atomic E-state index is -0.484. The number of para-hydroxylation sites is 1. The summed E-state index contributed by atoms with van der Waals surface area (Å²) in [5, 5.41) is 0.880. The van der Waals surface area contributed by atoms with Crippen molar-refractivity contribution in [1.82, 2.24) is 15.4 Å². The van der Waals surface area contributed by atoms with E-state index in [-0.39, 0.29) is 5.76 Å². The van der Waals surface area contributed by atoms with Gasteiger partial charge in [0.05, 0.1) is 0 Å². The molecule has 1 aliphatic rings. The number of nitrogens with zero attached hydrogens (tertiary/aromatic N) is 1. The van der Waals surface area contributed by atoms with E-state index >= 15 is 0 Å². The van der Waals surface area contributed by atoms with Crippen molar-refractivity contribution in [3.8, 4) is 0 Å². The summed E-state index contributed by atoms with van der Waals surface area (Å²) < 4.78 is 7.92. The lowest BCUT2D eigenvalue weighted by Gasteiger charge is -2.06. The van der Waals surface area contributed by atoms with Crippen molar-refractivity contribution in [2.24, 2.45) is 0 Å². The molecule has 6 nitrogen and oxygen atoms in total. The predicted molar refractivity (Wildman–Crippen MR) is 108 cm³/mol. The highest BCUT2D eigenvalue weighted by molar-refractivity contribution is 6.00. The summed E-state index contributed by atoms with van der Waals surface area (Å²) in [6, 6.07) is 10.1. The lowest BCUT2D eigenvalue weighted by molar-refractivity contribution is -0.117. The molecular formula is C22H23N3O3. The van der Waals surface area contributed by atoms with Crippen LogP contribution in [0, 0.1) is 20.8 Å². The van der Waals surface area contributed by atoms with Gasteiger partial charge in [0, 0.05) is 34.5 Å². The monoisotopic (exact) mass is 377 g/mol. The number of hydrogen-bond donors (Lipinski definition) is 2. The smallest absolute Gasteiger partial charge is 0.305 e. The summed E-state index contributed by atoms with van der Waals surface area (Å²) >= 11 is 0. The van der Waals surface area contributed by atoms with E-state index in [0.717, 1.165) is 22.2 Å². The number of furan rings is 1. The molecular weight excluding hydrogens is 354 g/mol. The summed E-state index contributed by atoms with van der Waals surface area (Å²) in [6.07, 6.45) is 5.63. The lowest BCUT2D eigenvalue weighted by Crippen LogP contribution is -2.40. The number of fused-ring (bicyclic) bond motifs is 1. The van der Waals surface area contributed by atoms with Gasteiger partial charge in [0.25, 0.3) is 5.91 Å². The number of aromatic nitrogens is 1. The van der Waals surface area contributed by atoms with Crippen molar-refractivity contribution in [1.29, 1.82) is 0 Å². The highest BCUT2D eigenvalue weighted by Gasteiger charge is 2.26. The number of rotatable bonds is 4. The number of amides is 2. The van der Waals surface area contributed by atoms with Crippen LogP contribution >= 0.6 is 0 Å². The topological polar surface area (TPSA) is 76.3 Å². The van der Waals surface area contributed by atoms with E-state index in [2.05, 4.69) is 35.3 Å². The molecule has 0 atom stereocenters. The fraction of sp³-hybridized carbons (Fsp3) is 0.273. The van der Waals surface area contributed by atoms with E-state index in [1.54, 1.807) is 12.1 Å². The van der Waals surface area contributed by atoms with E-state index < -0.39 is 11.8 Å². The Balaban J connectivity index is 1.40. The molecule has 1 saturated carbocycles. The van der Waals surface area contributed by atoms with Crippen molar-refractivity contribution in [3.05, 3.63) is 64.7 Å². The third kappa shape index (κ3) is 3.33. The number of carbonyl (C=O) groups excluding carboxylic acids is 2. The zero-order valence-electron chi connectivity index (χ0n) is 16.2. The average molecular weight is 377 g/mol. The summed E-state index contributed by atoms with van der Waals surface area (Å²) in [4.78, 5) is 24.5. The molecule has 28 heavy (non-hydrogen) atoms. The molecule has 0 spiro atoms. The molecule has 0 bridgehead atoms. The maximum absolute atomic E-state index is 12.4. The fourth-order valence-corrected chi connectivity index (χ4v) is 3.64. The van der Waals surface area contributed by atoms with Crippen molar-refractivity contribution < 1.29 is 14.0 Å². The number of nitrogens with one attached hydrogen (secondary N) is 2. The second kappa shape index (κ2) is 7.03. The van der Waals surface area contributed by atoms with Gasteiger partial charge in [-0.2, -0.15) is 0 Å². The molecule has 6 heteroatoms. The molecule has 0 radical (unpaired) electrons. The second-order valence-electron chi connectivity index (χ2n) is 7.26. The second-order valence-corrected chi connectivity index (χ2v) is 7.26. The summed E-state index contributed by atoms with van der Waals surface area (Å²) in [6.45, 7) is 5.96. The van der Waals surface area contributed by atoms with E-state index in [1.165, 1.54) is 24.6 Å². The molecule has 1 aromatic carbocycles. The minimum Gasteiger partial charge on any atom is -0.451 e. The Morgan fingerprint density at radius 2 is 1.89 bits per heavy atom. The molecule has 4 rings (SSSR count). The van der Waals surface area contributed by atoms with Crippen LogP contribution in [0.25, 0.3) is 17.0 Å². The Labute approximate surface area is 163 Å². The first kappa shape index (κ1) is 18.1. The molecule has 0 saturated heterocycles. The van der Waals surface area contributed by atoms with Gasteiger partial charge in [-0.1, -0.05) is 18.2 Å². The van der Waals surface area contributed by atoms with E-state index in [4.69, 9.17) is 4.42 Å². The molecule has 2 aromatic heterocycles. The lowest BCUT2D eigenvalue weighted by atomic mass is 10.1. The highest BCUT2D eigenvalue weighted by atomic mass is 16.3. The Morgan fingerprint density at radius 1 is 1.14 bits per heavy atom. The van der Waals surface area contributed by atoms with Gasteiger partial charge in [0.1, 0.15) is 5.58 Å². The zero-order valence-corrected chi connectivity index (χ0v) is 16.2. The van der Waals surface area contributed by atoms with E-state index in [9.17, 15) is 9.59 Å². The van der Waals surface area contributed by atoms with Crippen molar-refractivity contribution in [3.63, 3.8) is 0 Å².